The van der Waals surface area contributed by atoms with Crippen LogP contribution in [0.2, 0.25) is 0 Å². The Bertz CT molecular complexity index is 412. The molecule has 17 heavy (non-hydrogen) atoms. The molecule has 0 aromatic heterocycles. The number of ether oxygens (including phenoxy) is 2. The molecule has 1 aromatic carbocycles. The summed E-state index contributed by atoms with van der Waals surface area (Å²) in [7, 11) is 0. The van der Waals surface area contributed by atoms with E-state index < -0.39 is 5.41 Å². The van der Waals surface area contributed by atoms with E-state index in [9.17, 15) is 10.2 Å². The monoisotopic (exact) mass is 238 g/mol. The molecule has 0 saturated heterocycles. The molecule has 1 heterocycles. The van der Waals surface area contributed by atoms with Crippen LogP contribution in [0.4, 0.5) is 0 Å². The van der Waals surface area contributed by atoms with Crippen LogP contribution in [0, 0.1) is 0 Å². The van der Waals surface area contributed by atoms with Crippen molar-refractivity contribution in [1.29, 1.82) is 0 Å². The fraction of sp³-hybridized carbons (Fsp3) is 0.538. The highest BCUT2D eigenvalue weighted by atomic mass is 16.5. The summed E-state index contributed by atoms with van der Waals surface area (Å²) >= 11 is 0. The highest BCUT2D eigenvalue weighted by molar-refractivity contribution is 5.52. The average molecular weight is 238 g/mol. The second-order valence-electron chi connectivity index (χ2n) is 4.91. The second kappa shape index (κ2) is 4.45. The van der Waals surface area contributed by atoms with Crippen LogP contribution in [0.5, 0.6) is 17.2 Å². The lowest BCUT2D eigenvalue weighted by Gasteiger charge is -2.24. The minimum Gasteiger partial charge on any atom is -0.508 e. The van der Waals surface area contributed by atoms with Crippen molar-refractivity contribution in [3.05, 3.63) is 17.7 Å². The van der Waals surface area contributed by atoms with E-state index in [0.29, 0.717) is 30.3 Å². The summed E-state index contributed by atoms with van der Waals surface area (Å²) in [6.45, 7) is 4.89. The predicted octanol–water partition coefficient (Wildman–Crippen LogP) is 1.82. The summed E-state index contributed by atoms with van der Waals surface area (Å²) in [6.07, 6.45) is 0.828. The standard InChI is InChI=1S/C13H18O4/c1-13(2,8-14)9-6-11-12(7-10(9)15)17-5-3-4-16-11/h6-7,14-15H,3-5,8H2,1-2H3. The molecule has 0 atom stereocenters. The van der Waals surface area contributed by atoms with Crippen LogP contribution >= 0.6 is 0 Å². The van der Waals surface area contributed by atoms with E-state index in [1.165, 1.54) is 0 Å². The van der Waals surface area contributed by atoms with Gasteiger partial charge in [-0.25, -0.2) is 0 Å². The summed E-state index contributed by atoms with van der Waals surface area (Å²) in [4.78, 5) is 0. The number of hydrogen-bond donors (Lipinski definition) is 2. The third kappa shape index (κ3) is 2.31. The lowest BCUT2D eigenvalue weighted by atomic mass is 9.84. The fourth-order valence-electron chi connectivity index (χ4n) is 1.83. The minimum absolute atomic E-state index is 0.0415. The van der Waals surface area contributed by atoms with E-state index in [4.69, 9.17) is 9.47 Å². The summed E-state index contributed by atoms with van der Waals surface area (Å²) in [5.74, 6) is 1.34. The smallest absolute Gasteiger partial charge is 0.164 e. The molecule has 0 fully saturated rings. The predicted molar refractivity (Wildman–Crippen MR) is 63.8 cm³/mol. The molecule has 0 spiro atoms. The SMILES string of the molecule is CC(C)(CO)c1cc2c(cc1O)OCCCO2. The van der Waals surface area contributed by atoms with E-state index >= 15 is 0 Å². The van der Waals surface area contributed by atoms with Crippen molar-refractivity contribution in [1.82, 2.24) is 0 Å². The molecule has 0 radical (unpaired) electrons. The number of rotatable bonds is 2. The Labute approximate surface area is 101 Å². The summed E-state index contributed by atoms with van der Waals surface area (Å²) in [6, 6.07) is 3.32. The Balaban J connectivity index is 2.46. The lowest BCUT2D eigenvalue weighted by molar-refractivity contribution is 0.214. The number of benzene rings is 1. The van der Waals surface area contributed by atoms with Crippen molar-refractivity contribution in [3.8, 4) is 17.2 Å². The van der Waals surface area contributed by atoms with Gasteiger partial charge in [0, 0.05) is 23.5 Å². The number of fused-ring (bicyclic) bond motifs is 1. The van der Waals surface area contributed by atoms with Crippen LogP contribution in [0.3, 0.4) is 0 Å². The van der Waals surface area contributed by atoms with Gasteiger partial charge in [-0.2, -0.15) is 0 Å². The van der Waals surface area contributed by atoms with Gasteiger partial charge in [0.1, 0.15) is 5.75 Å². The van der Waals surface area contributed by atoms with Crippen LogP contribution < -0.4 is 9.47 Å². The molecule has 94 valence electrons. The van der Waals surface area contributed by atoms with Crippen LogP contribution in [0.15, 0.2) is 12.1 Å². The number of hydrogen-bond acceptors (Lipinski definition) is 4. The Morgan fingerprint density at radius 2 is 1.76 bits per heavy atom. The second-order valence-corrected chi connectivity index (χ2v) is 4.91. The molecule has 2 rings (SSSR count). The molecule has 2 N–H and O–H groups in total. The van der Waals surface area contributed by atoms with Gasteiger partial charge in [-0.05, 0) is 6.07 Å². The van der Waals surface area contributed by atoms with E-state index in [0.717, 1.165) is 6.42 Å². The van der Waals surface area contributed by atoms with Gasteiger partial charge < -0.3 is 19.7 Å². The third-order valence-corrected chi connectivity index (χ3v) is 2.99. The summed E-state index contributed by atoms with van der Waals surface area (Å²) in [5, 5.41) is 19.3. The van der Waals surface area contributed by atoms with Crippen LogP contribution in [0.25, 0.3) is 0 Å². The minimum atomic E-state index is -0.505. The van der Waals surface area contributed by atoms with Gasteiger partial charge in [0.05, 0.1) is 19.8 Å². The molecule has 0 amide bonds. The first-order valence-electron chi connectivity index (χ1n) is 5.78. The molecule has 0 saturated carbocycles. The van der Waals surface area contributed by atoms with Gasteiger partial charge in [-0.15, -0.1) is 0 Å². The zero-order chi connectivity index (χ0) is 12.5. The number of aromatic hydroxyl groups is 1. The highest BCUT2D eigenvalue weighted by Crippen LogP contribution is 2.40. The van der Waals surface area contributed by atoms with E-state index in [2.05, 4.69) is 0 Å². The fourth-order valence-corrected chi connectivity index (χ4v) is 1.83. The highest BCUT2D eigenvalue weighted by Gasteiger charge is 2.26. The van der Waals surface area contributed by atoms with Crippen LogP contribution in [0.1, 0.15) is 25.8 Å². The summed E-state index contributed by atoms with van der Waals surface area (Å²) < 4.78 is 11.0. The van der Waals surface area contributed by atoms with E-state index in [1.54, 1.807) is 12.1 Å². The van der Waals surface area contributed by atoms with Gasteiger partial charge in [0.2, 0.25) is 0 Å². The van der Waals surface area contributed by atoms with Gasteiger partial charge >= 0.3 is 0 Å². The van der Waals surface area contributed by atoms with Crippen molar-refractivity contribution in [3.63, 3.8) is 0 Å². The quantitative estimate of drug-likeness (QED) is 0.825. The van der Waals surface area contributed by atoms with Crippen molar-refractivity contribution in [2.75, 3.05) is 19.8 Å². The maximum Gasteiger partial charge on any atom is 0.164 e. The molecule has 0 unspecified atom stereocenters. The van der Waals surface area contributed by atoms with Gasteiger partial charge in [0.25, 0.3) is 0 Å². The van der Waals surface area contributed by atoms with Gasteiger partial charge in [0.15, 0.2) is 11.5 Å². The Hall–Kier alpha value is -1.42. The Morgan fingerprint density at radius 1 is 1.18 bits per heavy atom. The molecule has 1 aliphatic heterocycles. The summed E-state index contributed by atoms with van der Waals surface area (Å²) in [5.41, 5.74) is 0.165. The maximum atomic E-state index is 9.98. The Morgan fingerprint density at radius 3 is 2.35 bits per heavy atom. The Kier molecular flexibility index (Phi) is 3.15. The molecular weight excluding hydrogens is 220 g/mol. The number of aliphatic hydroxyl groups is 1. The van der Waals surface area contributed by atoms with Crippen LogP contribution in [-0.2, 0) is 5.41 Å². The van der Waals surface area contributed by atoms with Crippen molar-refractivity contribution >= 4 is 0 Å². The first-order chi connectivity index (χ1) is 8.04. The van der Waals surface area contributed by atoms with E-state index in [-0.39, 0.29) is 12.4 Å². The zero-order valence-corrected chi connectivity index (χ0v) is 10.2. The average Bonchev–Trinajstić information content (AvgIpc) is 2.52. The third-order valence-electron chi connectivity index (χ3n) is 2.99. The zero-order valence-electron chi connectivity index (χ0n) is 10.2. The van der Waals surface area contributed by atoms with Crippen LogP contribution in [-0.4, -0.2) is 30.0 Å². The molecule has 1 aliphatic rings. The number of phenolic OH excluding ortho intramolecular Hbond substituents is 1. The molecule has 4 heteroatoms. The normalized spacial score (nSPS) is 15.5. The maximum absolute atomic E-state index is 9.98. The van der Waals surface area contributed by atoms with Gasteiger partial charge in [-0.1, -0.05) is 13.8 Å². The molecule has 0 bridgehead atoms. The first kappa shape index (κ1) is 12.0. The lowest BCUT2D eigenvalue weighted by Crippen LogP contribution is -2.22. The first-order valence-corrected chi connectivity index (χ1v) is 5.78. The largest absolute Gasteiger partial charge is 0.508 e. The van der Waals surface area contributed by atoms with Gasteiger partial charge in [-0.3, -0.25) is 0 Å². The topological polar surface area (TPSA) is 58.9 Å². The van der Waals surface area contributed by atoms with Crippen molar-refractivity contribution in [2.24, 2.45) is 0 Å². The van der Waals surface area contributed by atoms with E-state index in [1.807, 2.05) is 13.8 Å². The molecular formula is C13H18O4. The number of aliphatic hydroxyl groups excluding tert-OH is 1. The molecule has 1 aromatic rings. The number of phenols is 1. The molecule has 4 nitrogen and oxygen atoms in total. The van der Waals surface area contributed by atoms with Crippen molar-refractivity contribution in [2.45, 2.75) is 25.7 Å². The van der Waals surface area contributed by atoms with Crippen molar-refractivity contribution < 1.29 is 19.7 Å². The molecule has 0 aliphatic carbocycles.